The summed E-state index contributed by atoms with van der Waals surface area (Å²) in [6.45, 7) is 2.48. The summed E-state index contributed by atoms with van der Waals surface area (Å²) < 4.78 is 0. The molecule has 0 fully saturated rings. The molecular weight excluding hydrogens is 282 g/mol. The van der Waals surface area contributed by atoms with Gasteiger partial charge in [0.1, 0.15) is 11.4 Å². The predicted molar refractivity (Wildman–Crippen MR) is 83.7 cm³/mol. The minimum atomic E-state index is -0.467. The van der Waals surface area contributed by atoms with E-state index < -0.39 is 11.5 Å². The Bertz CT molecular complexity index is 693. The summed E-state index contributed by atoms with van der Waals surface area (Å²) in [5.74, 6) is -0.0241. The molecule has 1 aromatic heterocycles. The Hall–Kier alpha value is -2.47. The second-order valence-corrected chi connectivity index (χ2v) is 5.03. The molecule has 0 aliphatic rings. The summed E-state index contributed by atoms with van der Waals surface area (Å²) in [6.07, 6.45) is 2.56. The zero-order valence-electron chi connectivity index (χ0n) is 12.4. The van der Waals surface area contributed by atoms with Crippen molar-refractivity contribution in [1.29, 1.82) is 0 Å². The Labute approximate surface area is 128 Å². The lowest BCUT2D eigenvalue weighted by atomic mass is 10.1. The number of rotatable bonds is 6. The number of amides is 1. The molecule has 6 heteroatoms. The zero-order chi connectivity index (χ0) is 15.9. The molecule has 0 unspecified atom stereocenters. The normalized spacial score (nSPS) is 10.5. The van der Waals surface area contributed by atoms with Gasteiger partial charge in [0.15, 0.2) is 0 Å². The monoisotopic (exact) mass is 301 g/mol. The van der Waals surface area contributed by atoms with Crippen molar-refractivity contribution in [3.05, 3.63) is 51.9 Å². The van der Waals surface area contributed by atoms with Crippen molar-refractivity contribution in [3.8, 4) is 11.4 Å². The summed E-state index contributed by atoms with van der Waals surface area (Å²) in [5, 5.41) is 11.3. The third-order valence-corrected chi connectivity index (χ3v) is 3.24. The van der Waals surface area contributed by atoms with Crippen LogP contribution in [-0.4, -0.2) is 34.1 Å². The highest BCUT2D eigenvalue weighted by Crippen LogP contribution is 2.13. The van der Waals surface area contributed by atoms with E-state index in [2.05, 4.69) is 15.3 Å². The van der Waals surface area contributed by atoms with Gasteiger partial charge in [0, 0.05) is 24.9 Å². The topological polar surface area (TPSA) is 95.1 Å². The first-order chi connectivity index (χ1) is 10.6. The number of hydrogen-bond acceptors (Lipinski definition) is 4. The number of carbonyl (C=O) groups is 1. The van der Waals surface area contributed by atoms with Gasteiger partial charge in [0.25, 0.3) is 11.5 Å². The van der Waals surface area contributed by atoms with Gasteiger partial charge in [-0.25, -0.2) is 4.98 Å². The molecule has 116 valence electrons. The Kier molecular flexibility index (Phi) is 5.43. The number of nitrogens with zero attached hydrogens (tertiary/aromatic N) is 1. The lowest BCUT2D eigenvalue weighted by molar-refractivity contribution is 0.0950. The Morgan fingerprint density at radius 1 is 1.27 bits per heavy atom. The average Bonchev–Trinajstić information content (AvgIpc) is 2.52. The van der Waals surface area contributed by atoms with Crippen LogP contribution >= 0.6 is 0 Å². The summed E-state index contributed by atoms with van der Waals surface area (Å²) in [4.78, 5) is 30.7. The molecule has 1 heterocycles. The third-order valence-electron chi connectivity index (χ3n) is 3.24. The zero-order valence-corrected chi connectivity index (χ0v) is 12.4. The first-order valence-electron chi connectivity index (χ1n) is 7.17. The number of H-pyrrole nitrogens is 1. The summed E-state index contributed by atoms with van der Waals surface area (Å²) in [5.41, 5.74) is 1.42. The van der Waals surface area contributed by atoms with E-state index in [1.807, 2.05) is 31.2 Å². The maximum atomic E-state index is 12.0. The molecule has 0 radical (unpaired) electrons. The molecule has 1 amide bonds. The number of aromatic amines is 1. The molecular formula is C16H19N3O3. The van der Waals surface area contributed by atoms with Crippen LogP contribution in [0.25, 0.3) is 11.4 Å². The molecule has 0 bridgehead atoms. The standard InChI is InChI=1S/C16H19N3O3/c1-11-4-6-12(7-5-11)14-18-10-13(16(22)19-14)15(21)17-8-2-3-9-20/h4-7,10,20H,2-3,8-9H2,1H3,(H,17,21)(H,18,19,22). The molecule has 3 N–H and O–H groups in total. The van der Waals surface area contributed by atoms with Gasteiger partial charge in [-0.3, -0.25) is 9.59 Å². The van der Waals surface area contributed by atoms with E-state index in [0.29, 0.717) is 25.2 Å². The van der Waals surface area contributed by atoms with Crippen LogP contribution in [0.5, 0.6) is 0 Å². The van der Waals surface area contributed by atoms with Gasteiger partial charge >= 0.3 is 0 Å². The molecule has 2 aromatic rings. The van der Waals surface area contributed by atoms with Crippen LogP contribution in [0, 0.1) is 6.92 Å². The van der Waals surface area contributed by atoms with E-state index in [9.17, 15) is 9.59 Å². The van der Waals surface area contributed by atoms with Crippen LogP contribution in [0.2, 0.25) is 0 Å². The number of aliphatic hydroxyl groups excluding tert-OH is 1. The Morgan fingerprint density at radius 3 is 2.64 bits per heavy atom. The number of aromatic nitrogens is 2. The molecule has 0 saturated heterocycles. The first-order valence-corrected chi connectivity index (χ1v) is 7.17. The second kappa shape index (κ2) is 7.51. The van der Waals surface area contributed by atoms with E-state index in [-0.39, 0.29) is 12.2 Å². The van der Waals surface area contributed by atoms with Gasteiger partial charge in [0.2, 0.25) is 0 Å². The Balaban J connectivity index is 2.11. The first kappa shape index (κ1) is 15.9. The van der Waals surface area contributed by atoms with Crippen molar-refractivity contribution in [1.82, 2.24) is 15.3 Å². The quantitative estimate of drug-likeness (QED) is 0.700. The largest absolute Gasteiger partial charge is 0.396 e. The molecule has 0 aliphatic carbocycles. The van der Waals surface area contributed by atoms with Crippen LogP contribution in [0.4, 0.5) is 0 Å². The van der Waals surface area contributed by atoms with Crippen LogP contribution in [0.1, 0.15) is 28.8 Å². The average molecular weight is 301 g/mol. The Morgan fingerprint density at radius 2 is 2.00 bits per heavy atom. The van der Waals surface area contributed by atoms with E-state index in [1.54, 1.807) is 0 Å². The highest BCUT2D eigenvalue weighted by Gasteiger charge is 2.11. The van der Waals surface area contributed by atoms with Crippen molar-refractivity contribution < 1.29 is 9.90 Å². The van der Waals surface area contributed by atoms with Gasteiger partial charge in [-0.1, -0.05) is 29.8 Å². The van der Waals surface area contributed by atoms with E-state index in [4.69, 9.17) is 5.11 Å². The lowest BCUT2D eigenvalue weighted by Gasteiger charge is -2.05. The molecule has 0 aliphatic heterocycles. The molecule has 0 saturated carbocycles. The smallest absolute Gasteiger partial charge is 0.264 e. The second-order valence-electron chi connectivity index (χ2n) is 5.03. The van der Waals surface area contributed by atoms with Crippen molar-refractivity contribution >= 4 is 5.91 Å². The lowest BCUT2D eigenvalue weighted by Crippen LogP contribution is -2.30. The molecule has 1 aromatic carbocycles. The molecule has 6 nitrogen and oxygen atoms in total. The fraction of sp³-hybridized carbons (Fsp3) is 0.312. The molecule has 0 spiro atoms. The molecule has 0 atom stereocenters. The number of carbonyl (C=O) groups excluding carboxylic acids is 1. The predicted octanol–water partition coefficient (Wildman–Crippen LogP) is 1.25. The van der Waals surface area contributed by atoms with Gasteiger partial charge in [0.05, 0.1) is 0 Å². The van der Waals surface area contributed by atoms with Crippen LogP contribution in [0.15, 0.2) is 35.3 Å². The van der Waals surface area contributed by atoms with Gasteiger partial charge in [-0.05, 0) is 19.8 Å². The number of nitrogens with one attached hydrogen (secondary N) is 2. The minimum Gasteiger partial charge on any atom is -0.396 e. The van der Waals surface area contributed by atoms with Crippen molar-refractivity contribution in [2.75, 3.05) is 13.2 Å². The number of hydrogen-bond donors (Lipinski definition) is 3. The SMILES string of the molecule is Cc1ccc(-c2ncc(C(=O)NCCCCO)c(=O)[nH]2)cc1. The van der Waals surface area contributed by atoms with Crippen molar-refractivity contribution in [2.45, 2.75) is 19.8 Å². The van der Waals surface area contributed by atoms with E-state index >= 15 is 0 Å². The minimum absolute atomic E-state index is 0.0140. The molecule has 22 heavy (non-hydrogen) atoms. The summed E-state index contributed by atoms with van der Waals surface area (Å²) in [7, 11) is 0. The van der Waals surface area contributed by atoms with E-state index in [0.717, 1.165) is 11.1 Å². The third kappa shape index (κ3) is 4.02. The van der Waals surface area contributed by atoms with Crippen molar-refractivity contribution in [2.24, 2.45) is 0 Å². The number of aliphatic hydroxyl groups is 1. The number of benzene rings is 1. The maximum Gasteiger partial charge on any atom is 0.264 e. The van der Waals surface area contributed by atoms with Crippen LogP contribution < -0.4 is 10.9 Å². The number of unbranched alkanes of at least 4 members (excludes halogenated alkanes) is 1. The molecule has 2 rings (SSSR count). The maximum absolute atomic E-state index is 12.0. The highest BCUT2D eigenvalue weighted by molar-refractivity contribution is 5.93. The van der Waals surface area contributed by atoms with Crippen molar-refractivity contribution in [3.63, 3.8) is 0 Å². The van der Waals surface area contributed by atoms with Crippen LogP contribution in [-0.2, 0) is 0 Å². The van der Waals surface area contributed by atoms with Gasteiger partial charge in [-0.15, -0.1) is 0 Å². The number of aryl methyl sites for hydroxylation is 1. The summed E-state index contributed by atoms with van der Waals surface area (Å²) in [6, 6.07) is 7.58. The van der Waals surface area contributed by atoms with Crippen LogP contribution in [0.3, 0.4) is 0 Å². The summed E-state index contributed by atoms with van der Waals surface area (Å²) >= 11 is 0. The fourth-order valence-electron chi connectivity index (χ4n) is 1.95. The highest BCUT2D eigenvalue weighted by atomic mass is 16.3. The van der Waals surface area contributed by atoms with E-state index in [1.165, 1.54) is 6.20 Å². The van der Waals surface area contributed by atoms with Gasteiger partial charge in [-0.2, -0.15) is 0 Å². The van der Waals surface area contributed by atoms with Gasteiger partial charge < -0.3 is 15.4 Å². The fourth-order valence-corrected chi connectivity index (χ4v) is 1.95.